The minimum atomic E-state index is 0. The molecule has 0 aliphatic carbocycles. The van der Waals surface area contributed by atoms with Crippen LogP contribution in [0, 0.1) is 0 Å². The van der Waals surface area contributed by atoms with Gasteiger partial charge in [0.2, 0.25) is 0 Å². The van der Waals surface area contributed by atoms with E-state index in [1.165, 1.54) is 0 Å². The third-order valence-electron chi connectivity index (χ3n) is 0. The van der Waals surface area contributed by atoms with Gasteiger partial charge in [-0.15, -0.1) is 0 Å². The smallest absolute Gasteiger partial charge is 0 e. The maximum atomic E-state index is 0. The third-order valence-corrected chi connectivity index (χ3v) is 0. The average Bonchev–Trinajstić information content (AvgIpc) is 0. The van der Waals surface area contributed by atoms with Gasteiger partial charge in [-0.25, -0.2) is 0 Å². The van der Waals surface area contributed by atoms with Gasteiger partial charge in [0.25, 0.3) is 0 Å². The topological polar surface area (TPSA) is 0 Å². The van der Waals surface area contributed by atoms with E-state index in [0.29, 0.717) is 0 Å². The molecule has 50 valence electrons. The van der Waals surface area contributed by atoms with E-state index in [9.17, 15) is 0 Å². The molecule has 0 aliphatic rings. The van der Waals surface area contributed by atoms with E-state index in [1.54, 1.807) is 0 Å². The van der Waals surface area contributed by atoms with E-state index in [4.69, 9.17) is 0 Å². The molecule has 7 heteroatoms. The normalized spacial score (nSPS) is 0. The van der Waals surface area contributed by atoms with Crippen molar-refractivity contribution in [1.29, 1.82) is 0 Å². The summed E-state index contributed by atoms with van der Waals surface area (Å²) in [5, 5.41) is 0. The molecule has 0 saturated heterocycles. The van der Waals surface area contributed by atoms with E-state index in [2.05, 4.69) is 0 Å². The molecule has 0 rings (SSSR count). The Balaban J connectivity index is 0. The van der Waals surface area contributed by atoms with Crippen LogP contribution in [0.2, 0.25) is 0 Å². The zero-order valence-electron chi connectivity index (χ0n) is 1.79. The molecule has 0 saturated carbocycles. The SMILES string of the molecule is [AlH3].[Co].[Cr].[Fe].[MgH2].[Mn].[Ni]. The van der Waals surface area contributed by atoms with Crippen LogP contribution in [0.1, 0.15) is 0 Å². The van der Waals surface area contributed by atoms with Gasteiger partial charge in [-0.3, -0.25) is 0 Å². The van der Waals surface area contributed by atoms with Crippen LogP contribution in [0.3, 0.4) is 0 Å². The predicted octanol–water partition coefficient (Wildman–Crippen LogP) is -2.11. The van der Waals surface area contributed by atoms with Crippen LogP contribution >= 0.6 is 0 Å². The van der Waals surface area contributed by atoms with Crippen molar-refractivity contribution in [2.45, 2.75) is 0 Å². The fraction of sp³-hybridized carbons (Fsp3) is 0. The molecular formula is H5AlCoCrFeMgMnNi. The molecule has 0 aromatic heterocycles. The largest absolute Gasteiger partial charge is 0.316 e. The zero-order chi connectivity index (χ0) is 0. The first-order chi connectivity index (χ1) is 0. The second kappa shape index (κ2) is 51.8. The average molecular weight is 337 g/mol. The van der Waals surface area contributed by atoms with Crippen molar-refractivity contribution in [1.82, 2.24) is 0 Å². The van der Waals surface area contributed by atoms with Gasteiger partial charge < -0.3 is 0 Å². The van der Waals surface area contributed by atoms with Crippen LogP contribution in [0.15, 0.2) is 0 Å². The predicted molar refractivity (Wildman–Crippen MR) is 18.5 cm³/mol. The van der Waals surface area contributed by atoms with Gasteiger partial charge in [-0.2, -0.15) is 0 Å². The van der Waals surface area contributed by atoms with Gasteiger partial charge in [0.1, 0.15) is 0 Å². The summed E-state index contributed by atoms with van der Waals surface area (Å²) < 4.78 is 0. The number of hydrogen-bond donors (Lipinski definition) is 0. The summed E-state index contributed by atoms with van der Waals surface area (Å²) in [6.07, 6.45) is 0. The Labute approximate surface area is 123 Å². The van der Waals surface area contributed by atoms with Crippen LogP contribution in [-0.4, -0.2) is 40.4 Å². The molecule has 0 aromatic carbocycles. The standard InChI is InChI=1S/Al.Co.Cr.Fe.Mg.Mn.Ni.5H. The summed E-state index contributed by atoms with van der Waals surface area (Å²) in [4.78, 5) is 0. The molecule has 0 fully saturated rings. The Morgan fingerprint density at radius 2 is 1.00 bits per heavy atom. The zero-order valence-corrected chi connectivity index (χ0v) is 7.38. The first kappa shape index (κ1) is 70.7. The van der Waals surface area contributed by atoms with Gasteiger partial charge in [0.05, 0.1) is 0 Å². The molecule has 0 bridgehead atoms. The van der Waals surface area contributed by atoms with Crippen LogP contribution in [0.5, 0.6) is 0 Å². The van der Waals surface area contributed by atoms with Crippen molar-refractivity contribution in [3.05, 3.63) is 0 Å². The van der Waals surface area contributed by atoms with Crippen LogP contribution < -0.4 is 0 Å². The van der Waals surface area contributed by atoms with Crippen LogP contribution in [0.25, 0.3) is 0 Å². The molecule has 0 heterocycles. The second-order valence-corrected chi connectivity index (χ2v) is 0. The van der Waals surface area contributed by atoms with Crippen molar-refractivity contribution in [2.75, 3.05) is 0 Å². The van der Waals surface area contributed by atoms with E-state index < -0.39 is 0 Å². The maximum absolute atomic E-state index is 0. The molecule has 0 aliphatic heterocycles. The molecule has 0 nitrogen and oxygen atoms in total. The fourth-order valence-corrected chi connectivity index (χ4v) is 0. The Morgan fingerprint density at radius 1 is 1.00 bits per heavy atom. The maximum Gasteiger partial charge on any atom is 0.316 e. The summed E-state index contributed by atoms with van der Waals surface area (Å²) in [5.41, 5.74) is 0. The van der Waals surface area contributed by atoms with Crippen molar-refractivity contribution in [3.8, 4) is 0 Å². The van der Waals surface area contributed by atoms with E-state index >= 15 is 0 Å². The van der Waals surface area contributed by atoms with Crippen LogP contribution in [0.4, 0.5) is 0 Å². The Kier molecular flexibility index (Phi) is 524. The second-order valence-electron chi connectivity index (χ2n) is 0. The van der Waals surface area contributed by atoms with E-state index in [-0.39, 0.29) is 125 Å². The van der Waals surface area contributed by atoms with Gasteiger partial charge in [-0.1, -0.05) is 0 Å². The summed E-state index contributed by atoms with van der Waals surface area (Å²) in [7, 11) is 0. The quantitative estimate of drug-likeness (QED) is 0.444. The summed E-state index contributed by atoms with van der Waals surface area (Å²) >= 11 is 0. The fourth-order valence-electron chi connectivity index (χ4n) is 0. The molecule has 0 spiro atoms. The summed E-state index contributed by atoms with van der Waals surface area (Å²) in [5.74, 6) is 0. The van der Waals surface area contributed by atoms with Crippen molar-refractivity contribution in [3.63, 3.8) is 0 Å². The Morgan fingerprint density at radius 3 is 1.00 bits per heavy atom. The van der Waals surface area contributed by atoms with Crippen molar-refractivity contribution < 1.29 is 84.8 Å². The van der Waals surface area contributed by atoms with Gasteiger partial charge in [0.15, 0.2) is 17.4 Å². The van der Waals surface area contributed by atoms with E-state index in [0.717, 1.165) is 0 Å². The molecule has 0 amide bonds. The molecule has 7 heavy (non-hydrogen) atoms. The van der Waals surface area contributed by atoms with E-state index in [1.807, 2.05) is 0 Å². The minimum absolute atomic E-state index is 0. The molecule has 0 atom stereocenters. The molecular weight excluding hydrogens is 332 g/mol. The van der Waals surface area contributed by atoms with Gasteiger partial charge >= 0.3 is 23.1 Å². The Hall–Kier alpha value is 3.87. The molecule has 0 N–H and O–H groups in total. The molecule has 0 aromatic rings. The molecule has 2 radical (unpaired) electrons. The minimum Gasteiger partial charge on any atom is 0 e. The third kappa shape index (κ3) is 40.8. The summed E-state index contributed by atoms with van der Waals surface area (Å²) in [6.45, 7) is 0. The number of rotatable bonds is 0. The van der Waals surface area contributed by atoms with Gasteiger partial charge in [0, 0.05) is 84.8 Å². The number of hydrogen-bond acceptors (Lipinski definition) is 0. The Bertz CT molecular complexity index is 19.7. The first-order valence-corrected chi connectivity index (χ1v) is 0. The summed E-state index contributed by atoms with van der Waals surface area (Å²) in [6, 6.07) is 0. The van der Waals surface area contributed by atoms with Crippen molar-refractivity contribution >= 4 is 40.4 Å². The van der Waals surface area contributed by atoms with Crippen molar-refractivity contribution in [2.24, 2.45) is 0 Å². The van der Waals surface area contributed by atoms with Crippen LogP contribution in [-0.2, 0) is 84.8 Å². The monoisotopic (exact) mass is 336 g/mol. The first-order valence-electron chi connectivity index (χ1n) is 0. The van der Waals surface area contributed by atoms with Gasteiger partial charge in [-0.05, 0) is 0 Å². The molecule has 0 unspecified atom stereocenters.